The summed E-state index contributed by atoms with van der Waals surface area (Å²) in [4.78, 5) is 14.6. The maximum atomic E-state index is 13.1. The Kier molecular flexibility index (Phi) is 6.70. The van der Waals surface area contributed by atoms with Crippen molar-refractivity contribution in [1.29, 1.82) is 0 Å². The molecule has 0 aliphatic carbocycles. The van der Waals surface area contributed by atoms with Gasteiger partial charge in [-0.25, -0.2) is 4.39 Å². The monoisotopic (exact) mass is 404 g/mol. The lowest BCUT2D eigenvalue weighted by atomic mass is 9.85. The zero-order chi connectivity index (χ0) is 20.1. The lowest BCUT2D eigenvalue weighted by Gasteiger charge is -2.38. The summed E-state index contributed by atoms with van der Waals surface area (Å²) in [5.41, 5.74) is 6.70. The van der Waals surface area contributed by atoms with Crippen molar-refractivity contribution in [2.75, 3.05) is 25.4 Å². The van der Waals surface area contributed by atoms with Crippen LogP contribution in [0.25, 0.3) is 0 Å². The highest BCUT2D eigenvalue weighted by molar-refractivity contribution is 6.30. The number of nitrogens with two attached hydrogens (primary N) is 1. The number of piperidine rings is 1. The first-order valence-corrected chi connectivity index (χ1v) is 10.00. The summed E-state index contributed by atoms with van der Waals surface area (Å²) in [5, 5.41) is 11.6. The van der Waals surface area contributed by atoms with Gasteiger partial charge in [-0.3, -0.25) is 4.79 Å². The van der Waals surface area contributed by atoms with E-state index in [-0.39, 0.29) is 11.5 Å². The van der Waals surface area contributed by atoms with Gasteiger partial charge in [0.1, 0.15) is 5.82 Å². The highest BCUT2D eigenvalue weighted by Gasteiger charge is 2.32. The van der Waals surface area contributed by atoms with Gasteiger partial charge in [-0.05, 0) is 61.7 Å². The van der Waals surface area contributed by atoms with Gasteiger partial charge in [0.2, 0.25) is 0 Å². The Labute approximate surface area is 170 Å². The molecule has 2 aromatic carbocycles. The van der Waals surface area contributed by atoms with Crippen LogP contribution in [-0.4, -0.2) is 41.0 Å². The van der Waals surface area contributed by atoms with E-state index in [0.717, 1.165) is 25.2 Å². The molecule has 0 atom stereocenters. The number of nitrogen functional groups attached to an aromatic ring is 1. The van der Waals surface area contributed by atoms with Crippen LogP contribution < -0.4 is 5.73 Å². The van der Waals surface area contributed by atoms with Crippen molar-refractivity contribution in [3.8, 4) is 0 Å². The number of halogens is 2. The summed E-state index contributed by atoms with van der Waals surface area (Å²) in [7, 11) is 0. The van der Waals surface area contributed by atoms with E-state index >= 15 is 0 Å². The van der Waals surface area contributed by atoms with E-state index in [9.17, 15) is 14.3 Å². The summed E-state index contributed by atoms with van der Waals surface area (Å²) >= 11 is 5.92. The van der Waals surface area contributed by atoms with Crippen LogP contribution in [0.2, 0.25) is 5.02 Å². The number of carbonyl (C=O) groups excluding carboxylic acids is 1. The third kappa shape index (κ3) is 5.53. The second kappa shape index (κ2) is 9.03. The Morgan fingerprint density at radius 3 is 2.50 bits per heavy atom. The summed E-state index contributed by atoms with van der Waals surface area (Å²) in [6.45, 7) is 2.40. The van der Waals surface area contributed by atoms with Gasteiger partial charge in [0.15, 0.2) is 5.78 Å². The van der Waals surface area contributed by atoms with E-state index in [1.807, 2.05) is 24.3 Å². The molecule has 150 valence electrons. The summed E-state index contributed by atoms with van der Waals surface area (Å²) < 4.78 is 13.1. The van der Waals surface area contributed by atoms with Gasteiger partial charge < -0.3 is 15.7 Å². The van der Waals surface area contributed by atoms with Crippen molar-refractivity contribution < 1.29 is 14.3 Å². The number of benzene rings is 2. The lowest BCUT2D eigenvalue weighted by Crippen LogP contribution is -2.45. The third-order valence-corrected chi connectivity index (χ3v) is 5.68. The van der Waals surface area contributed by atoms with E-state index in [2.05, 4.69) is 4.90 Å². The number of Topliss-reactive ketones (excluding diaryl/α,β-unsaturated/α-hetero) is 1. The number of anilines is 1. The molecular weight excluding hydrogens is 379 g/mol. The van der Waals surface area contributed by atoms with Crippen LogP contribution in [0.4, 0.5) is 10.1 Å². The van der Waals surface area contributed by atoms with Crippen LogP contribution in [0.15, 0.2) is 42.5 Å². The molecule has 0 bridgehead atoms. The number of rotatable bonds is 7. The van der Waals surface area contributed by atoms with Gasteiger partial charge in [0, 0.05) is 42.2 Å². The van der Waals surface area contributed by atoms with Gasteiger partial charge >= 0.3 is 0 Å². The van der Waals surface area contributed by atoms with Crippen molar-refractivity contribution in [2.45, 2.75) is 37.7 Å². The van der Waals surface area contributed by atoms with Gasteiger partial charge in [-0.15, -0.1) is 0 Å². The number of nitrogens with zero attached hydrogens (tertiary/aromatic N) is 1. The minimum atomic E-state index is -0.692. The molecule has 2 aromatic rings. The quantitative estimate of drug-likeness (QED) is 0.538. The van der Waals surface area contributed by atoms with Gasteiger partial charge in [-0.2, -0.15) is 0 Å². The van der Waals surface area contributed by atoms with Crippen molar-refractivity contribution in [3.63, 3.8) is 0 Å². The van der Waals surface area contributed by atoms with Gasteiger partial charge in [-0.1, -0.05) is 23.7 Å². The smallest absolute Gasteiger partial charge is 0.164 e. The first-order valence-electron chi connectivity index (χ1n) is 9.62. The minimum Gasteiger partial charge on any atom is -0.398 e. The second-order valence-electron chi connectivity index (χ2n) is 7.63. The number of hydrogen-bond donors (Lipinski definition) is 2. The fraction of sp³-hybridized carbons (Fsp3) is 0.409. The fourth-order valence-electron chi connectivity index (χ4n) is 3.74. The summed E-state index contributed by atoms with van der Waals surface area (Å²) in [5.74, 6) is -0.498. The summed E-state index contributed by atoms with van der Waals surface area (Å²) in [6, 6.07) is 11.5. The average Bonchev–Trinajstić information content (AvgIpc) is 2.65. The average molecular weight is 405 g/mol. The van der Waals surface area contributed by atoms with Crippen molar-refractivity contribution >= 4 is 23.1 Å². The van der Waals surface area contributed by atoms with Crippen molar-refractivity contribution in [3.05, 3.63) is 64.4 Å². The number of carbonyl (C=O) groups is 1. The standard InChI is InChI=1S/C22H26ClFN2O2/c23-17-5-3-16(4-6-17)15-22(28)9-12-26(13-10-22)11-1-2-21(27)19-8-7-18(24)14-20(19)25/h3-8,14,28H,1-2,9-13,15,25H2. The first kappa shape index (κ1) is 20.8. The topological polar surface area (TPSA) is 66.6 Å². The molecule has 6 heteroatoms. The normalized spacial score (nSPS) is 16.8. The zero-order valence-corrected chi connectivity index (χ0v) is 16.6. The Balaban J connectivity index is 1.43. The maximum absolute atomic E-state index is 13.1. The van der Waals surface area contributed by atoms with Gasteiger partial charge in [0.25, 0.3) is 0 Å². The molecule has 1 heterocycles. The van der Waals surface area contributed by atoms with E-state index < -0.39 is 11.4 Å². The molecule has 3 N–H and O–H groups in total. The van der Waals surface area contributed by atoms with Crippen LogP contribution in [0.1, 0.15) is 41.6 Å². The molecule has 1 aliphatic heterocycles. The molecule has 0 spiro atoms. The minimum absolute atomic E-state index is 0.0613. The molecule has 0 amide bonds. The number of hydrogen-bond acceptors (Lipinski definition) is 4. The Morgan fingerprint density at radius 1 is 1.18 bits per heavy atom. The Bertz CT molecular complexity index is 818. The zero-order valence-electron chi connectivity index (χ0n) is 15.8. The SMILES string of the molecule is Nc1cc(F)ccc1C(=O)CCCN1CCC(O)(Cc2ccc(Cl)cc2)CC1. The number of likely N-dealkylation sites (tertiary alicyclic amines) is 1. The molecule has 0 radical (unpaired) electrons. The van der Waals surface area contributed by atoms with Crippen LogP contribution in [-0.2, 0) is 6.42 Å². The molecule has 1 aliphatic rings. The predicted molar refractivity (Wildman–Crippen MR) is 110 cm³/mol. The van der Waals surface area contributed by atoms with E-state index in [0.29, 0.717) is 42.7 Å². The number of ketones is 1. The fourth-order valence-corrected chi connectivity index (χ4v) is 3.86. The van der Waals surface area contributed by atoms with E-state index in [1.165, 1.54) is 18.2 Å². The van der Waals surface area contributed by atoms with Crippen molar-refractivity contribution in [2.24, 2.45) is 0 Å². The van der Waals surface area contributed by atoms with Crippen LogP contribution in [0, 0.1) is 5.82 Å². The van der Waals surface area contributed by atoms with E-state index in [1.54, 1.807) is 0 Å². The molecule has 3 rings (SSSR count). The molecule has 1 saturated heterocycles. The molecule has 1 fully saturated rings. The Hall–Kier alpha value is -1.95. The molecule has 0 saturated carbocycles. The molecule has 28 heavy (non-hydrogen) atoms. The first-order chi connectivity index (χ1) is 13.3. The molecule has 0 aromatic heterocycles. The largest absolute Gasteiger partial charge is 0.398 e. The number of aliphatic hydroxyl groups is 1. The van der Waals surface area contributed by atoms with E-state index in [4.69, 9.17) is 17.3 Å². The lowest BCUT2D eigenvalue weighted by molar-refractivity contribution is -0.0207. The third-order valence-electron chi connectivity index (χ3n) is 5.43. The molecular formula is C22H26ClFN2O2. The Morgan fingerprint density at radius 2 is 1.86 bits per heavy atom. The van der Waals surface area contributed by atoms with Crippen LogP contribution in [0.3, 0.4) is 0 Å². The highest BCUT2D eigenvalue weighted by Crippen LogP contribution is 2.27. The second-order valence-corrected chi connectivity index (χ2v) is 8.06. The molecule has 0 unspecified atom stereocenters. The summed E-state index contributed by atoms with van der Waals surface area (Å²) in [6.07, 6.45) is 3.12. The molecule has 4 nitrogen and oxygen atoms in total. The highest BCUT2D eigenvalue weighted by atomic mass is 35.5. The predicted octanol–water partition coefficient (Wildman–Crippen LogP) is 4.09. The van der Waals surface area contributed by atoms with Crippen molar-refractivity contribution in [1.82, 2.24) is 4.90 Å². The van der Waals surface area contributed by atoms with Crippen LogP contribution >= 0.6 is 11.6 Å². The van der Waals surface area contributed by atoms with Crippen LogP contribution in [0.5, 0.6) is 0 Å². The maximum Gasteiger partial charge on any atom is 0.164 e. The van der Waals surface area contributed by atoms with Gasteiger partial charge in [0.05, 0.1) is 5.60 Å².